The highest BCUT2D eigenvalue weighted by Crippen LogP contribution is 2.32. The number of para-hydroxylation sites is 1. The van der Waals surface area contributed by atoms with Crippen LogP contribution in [-0.4, -0.2) is 43.8 Å². The molecule has 4 rings (SSSR count). The lowest BCUT2D eigenvalue weighted by Gasteiger charge is -2.35. The number of nitrogens with one attached hydrogen (secondary N) is 1. The summed E-state index contributed by atoms with van der Waals surface area (Å²) >= 11 is 19.4. The number of anilines is 1. The van der Waals surface area contributed by atoms with Crippen molar-refractivity contribution in [2.75, 3.05) is 10.8 Å². The second-order valence-corrected chi connectivity index (χ2v) is 13.3. The van der Waals surface area contributed by atoms with Crippen molar-refractivity contribution in [2.45, 2.75) is 69.0 Å². The number of hydrogen-bond acceptors (Lipinski definition) is 4. The molecule has 0 aromatic heterocycles. The number of carbonyl (C=O) groups is 2. The maximum Gasteiger partial charge on any atom is 0.264 e. The number of sulfonamides is 1. The Kier molecular flexibility index (Phi) is 11.2. The van der Waals surface area contributed by atoms with Crippen LogP contribution in [0.1, 0.15) is 51.0 Å². The van der Waals surface area contributed by atoms with Crippen molar-refractivity contribution >= 4 is 62.3 Å². The van der Waals surface area contributed by atoms with Gasteiger partial charge in [0.15, 0.2) is 0 Å². The Labute approximate surface area is 262 Å². The minimum Gasteiger partial charge on any atom is -0.352 e. The van der Waals surface area contributed by atoms with Gasteiger partial charge < -0.3 is 10.2 Å². The molecule has 1 saturated carbocycles. The van der Waals surface area contributed by atoms with Crippen LogP contribution in [0.3, 0.4) is 0 Å². The molecule has 0 aliphatic heterocycles. The number of halogens is 3. The lowest BCUT2D eigenvalue weighted by atomic mass is 9.95. The zero-order valence-electron chi connectivity index (χ0n) is 23.3. The van der Waals surface area contributed by atoms with E-state index < -0.39 is 28.5 Å². The molecule has 0 saturated heterocycles. The first kappa shape index (κ1) is 32.1. The van der Waals surface area contributed by atoms with Gasteiger partial charge >= 0.3 is 0 Å². The first-order chi connectivity index (χ1) is 20.1. The topological polar surface area (TPSA) is 86.8 Å². The molecule has 0 bridgehead atoms. The summed E-state index contributed by atoms with van der Waals surface area (Å²) in [6.45, 7) is 1.12. The van der Waals surface area contributed by atoms with Crippen molar-refractivity contribution in [3.63, 3.8) is 0 Å². The van der Waals surface area contributed by atoms with E-state index in [0.29, 0.717) is 22.0 Å². The number of nitrogens with zero attached hydrogens (tertiary/aromatic N) is 2. The second-order valence-electron chi connectivity index (χ2n) is 10.3. The van der Waals surface area contributed by atoms with Gasteiger partial charge in [-0.2, -0.15) is 0 Å². The van der Waals surface area contributed by atoms with E-state index in [1.165, 1.54) is 17.0 Å². The van der Waals surface area contributed by atoms with Crippen LogP contribution in [0.15, 0.2) is 77.7 Å². The summed E-state index contributed by atoms with van der Waals surface area (Å²) in [6.07, 6.45) is 5.24. The Morgan fingerprint density at radius 2 is 1.45 bits per heavy atom. The van der Waals surface area contributed by atoms with Crippen LogP contribution >= 0.6 is 34.8 Å². The highest BCUT2D eigenvalue weighted by Gasteiger charge is 2.35. The predicted molar refractivity (Wildman–Crippen MR) is 169 cm³/mol. The van der Waals surface area contributed by atoms with Crippen molar-refractivity contribution in [1.29, 1.82) is 0 Å². The van der Waals surface area contributed by atoms with Crippen LogP contribution in [0.4, 0.5) is 5.69 Å². The van der Waals surface area contributed by atoms with Crippen LogP contribution in [-0.2, 0) is 26.2 Å². The Morgan fingerprint density at radius 1 is 0.857 bits per heavy atom. The summed E-state index contributed by atoms with van der Waals surface area (Å²) in [5, 5.41) is 3.95. The standard InChI is InChI=1S/C31H34Cl3N3O4S/c1-2-28(31(39)35-22-12-5-3-6-13-22)36(20-24-25(32)17-11-18-26(24)33)30(38)21-37(29-19-10-9-16-27(29)34)42(40,41)23-14-7-4-8-15-23/h4,7-11,14-19,22,28H,2-3,5-6,12-13,20-21H2,1H3,(H,35,39). The Hall–Kier alpha value is -2.78. The van der Waals surface area contributed by atoms with E-state index in [1.807, 2.05) is 6.92 Å². The maximum atomic E-state index is 14.3. The second kappa shape index (κ2) is 14.6. The minimum atomic E-state index is -4.22. The SMILES string of the molecule is CCC(C(=O)NC1CCCCC1)N(Cc1c(Cl)cccc1Cl)C(=O)CN(c1ccccc1Cl)S(=O)(=O)c1ccccc1. The van der Waals surface area contributed by atoms with Crippen molar-refractivity contribution in [1.82, 2.24) is 10.2 Å². The monoisotopic (exact) mass is 649 g/mol. The third kappa shape index (κ3) is 7.59. The molecule has 42 heavy (non-hydrogen) atoms. The third-order valence-corrected chi connectivity index (χ3v) is 10.3. The van der Waals surface area contributed by atoms with Crippen molar-refractivity contribution in [2.24, 2.45) is 0 Å². The molecule has 1 atom stereocenters. The van der Waals surface area contributed by atoms with Gasteiger partial charge in [-0.15, -0.1) is 0 Å². The molecule has 2 amide bonds. The fraction of sp³-hybridized carbons (Fsp3) is 0.355. The minimum absolute atomic E-state index is 0.000464. The van der Waals surface area contributed by atoms with Crippen LogP contribution in [0.5, 0.6) is 0 Å². The van der Waals surface area contributed by atoms with Gasteiger partial charge in [0.05, 0.1) is 15.6 Å². The van der Waals surface area contributed by atoms with Gasteiger partial charge in [0.25, 0.3) is 10.0 Å². The van der Waals surface area contributed by atoms with E-state index in [2.05, 4.69) is 5.32 Å². The van der Waals surface area contributed by atoms with E-state index >= 15 is 0 Å². The van der Waals surface area contributed by atoms with Gasteiger partial charge in [0.2, 0.25) is 11.8 Å². The lowest BCUT2D eigenvalue weighted by Crippen LogP contribution is -2.54. The van der Waals surface area contributed by atoms with Gasteiger partial charge in [-0.25, -0.2) is 8.42 Å². The molecule has 3 aromatic rings. The quantitative estimate of drug-likeness (QED) is 0.240. The van der Waals surface area contributed by atoms with Gasteiger partial charge in [-0.3, -0.25) is 13.9 Å². The molecule has 1 N–H and O–H groups in total. The smallest absolute Gasteiger partial charge is 0.264 e. The number of hydrogen-bond donors (Lipinski definition) is 1. The molecule has 1 aliphatic carbocycles. The summed E-state index contributed by atoms with van der Waals surface area (Å²) in [7, 11) is -4.22. The van der Waals surface area contributed by atoms with Gasteiger partial charge in [-0.05, 0) is 55.7 Å². The number of carbonyl (C=O) groups excluding carboxylic acids is 2. The number of amides is 2. The van der Waals surface area contributed by atoms with E-state index in [-0.39, 0.29) is 34.1 Å². The largest absolute Gasteiger partial charge is 0.352 e. The van der Waals surface area contributed by atoms with Crippen molar-refractivity contribution in [3.8, 4) is 0 Å². The Balaban J connectivity index is 1.74. The summed E-state index contributed by atoms with van der Waals surface area (Å²) in [5.41, 5.74) is 0.611. The molecular formula is C31H34Cl3N3O4S. The van der Waals surface area contributed by atoms with Crippen LogP contribution < -0.4 is 9.62 Å². The zero-order valence-corrected chi connectivity index (χ0v) is 26.4. The molecule has 0 heterocycles. The van der Waals surface area contributed by atoms with Crippen LogP contribution in [0, 0.1) is 0 Å². The Bertz CT molecular complexity index is 1480. The fourth-order valence-electron chi connectivity index (χ4n) is 5.20. The zero-order chi connectivity index (χ0) is 30.3. The summed E-state index contributed by atoms with van der Waals surface area (Å²) in [4.78, 5) is 29.3. The van der Waals surface area contributed by atoms with Gasteiger partial charge in [0.1, 0.15) is 12.6 Å². The lowest BCUT2D eigenvalue weighted by molar-refractivity contribution is -0.140. The molecule has 0 radical (unpaired) electrons. The molecular weight excluding hydrogens is 617 g/mol. The number of benzene rings is 3. The molecule has 1 aliphatic rings. The average molecular weight is 651 g/mol. The molecule has 224 valence electrons. The molecule has 3 aromatic carbocycles. The maximum absolute atomic E-state index is 14.3. The van der Waals surface area contributed by atoms with E-state index in [1.54, 1.807) is 60.7 Å². The van der Waals surface area contributed by atoms with Crippen molar-refractivity contribution < 1.29 is 18.0 Å². The van der Waals surface area contributed by atoms with E-state index in [4.69, 9.17) is 34.8 Å². The third-order valence-electron chi connectivity index (χ3n) is 7.46. The molecule has 11 heteroatoms. The van der Waals surface area contributed by atoms with Crippen LogP contribution in [0.2, 0.25) is 15.1 Å². The fourth-order valence-corrected chi connectivity index (χ4v) is 7.46. The van der Waals surface area contributed by atoms with Gasteiger partial charge in [-0.1, -0.05) is 97.4 Å². The van der Waals surface area contributed by atoms with Crippen molar-refractivity contribution in [3.05, 3.63) is 93.4 Å². The van der Waals surface area contributed by atoms with E-state index in [0.717, 1.165) is 36.4 Å². The summed E-state index contributed by atoms with van der Waals surface area (Å²) < 4.78 is 28.8. The normalized spacial score (nSPS) is 14.7. The molecule has 7 nitrogen and oxygen atoms in total. The highest BCUT2D eigenvalue weighted by atomic mass is 35.5. The summed E-state index contributed by atoms with van der Waals surface area (Å²) in [5.74, 6) is -0.896. The summed E-state index contributed by atoms with van der Waals surface area (Å²) in [6, 6.07) is 18.4. The molecule has 1 unspecified atom stereocenters. The van der Waals surface area contributed by atoms with E-state index in [9.17, 15) is 18.0 Å². The predicted octanol–water partition coefficient (Wildman–Crippen LogP) is 7.10. The van der Waals surface area contributed by atoms with Crippen LogP contribution in [0.25, 0.3) is 0 Å². The highest BCUT2D eigenvalue weighted by molar-refractivity contribution is 7.92. The average Bonchev–Trinajstić information content (AvgIpc) is 2.98. The first-order valence-corrected chi connectivity index (χ1v) is 16.6. The molecule has 1 fully saturated rings. The molecule has 0 spiro atoms. The first-order valence-electron chi connectivity index (χ1n) is 14.0. The number of rotatable bonds is 11. The van der Waals surface area contributed by atoms with Gasteiger partial charge in [0, 0.05) is 28.2 Å². The Morgan fingerprint density at radius 3 is 2.07 bits per heavy atom.